The van der Waals surface area contributed by atoms with E-state index < -0.39 is 0 Å². The zero-order chi connectivity index (χ0) is 14.4. The monoisotopic (exact) mass is 295 g/mol. The largest absolute Gasteiger partial charge is 0.469 e. The van der Waals surface area contributed by atoms with E-state index in [9.17, 15) is 4.79 Å². The van der Waals surface area contributed by atoms with E-state index in [0.717, 1.165) is 31.1 Å². The van der Waals surface area contributed by atoms with Gasteiger partial charge in [-0.05, 0) is 49.4 Å². The maximum atomic E-state index is 11.2. The first-order valence-corrected chi connectivity index (χ1v) is 7.59. The van der Waals surface area contributed by atoms with Crippen molar-refractivity contribution >= 4 is 17.6 Å². The van der Waals surface area contributed by atoms with Crippen molar-refractivity contribution in [3.05, 3.63) is 34.9 Å². The smallest absolute Gasteiger partial charge is 0.305 e. The lowest BCUT2D eigenvalue weighted by atomic mass is 9.93. The number of carbonyl (C=O) groups excluding carboxylic acids is 1. The van der Waals surface area contributed by atoms with Gasteiger partial charge in [0.2, 0.25) is 0 Å². The average Bonchev–Trinajstić information content (AvgIpc) is 2.45. The fraction of sp³-hybridized carbons (Fsp3) is 0.562. The summed E-state index contributed by atoms with van der Waals surface area (Å²) in [5, 5.41) is 0.793. The molecule has 0 spiro atoms. The molecule has 0 bridgehead atoms. The van der Waals surface area contributed by atoms with E-state index in [1.807, 2.05) is 18.2 Å². The Morgan fingerprint density at radius 2 is 2.35 bits per heavy atom. The van der Waals surface area contributed by atoms with E-state index in [4.69, 9.17) is 16.3 Å². The number of methoxy groups -OCH3 is 1. The standard InChI is InChI=1S/C16H22ClNO2/c1-20-16(19)8-7-13-5-3-9-18(11-13)12-14-4-2-6-15(17)10-14/h2,4,6,10,13H,3,5,7-9,11-12H2,1H3. The second-order valence-corrected chi connectivity index (χ2v) is 5.92. The minimum absolute atomic E-state index is 0.100. The normalized spacial score (nSPS) is 19.8. The van der Waals surface area contributed by atoms with Gasteiger partial charge >= 0.3 is 5.97 Å². The lowest BCUT2D eigenvalue weighted by Gasteiger charge is -2.32. The molecule has 1 heterocycles. The van der Waals surface area contributed by atoms with Crippen LogP contribution in [0.15, 0.2) is 24.3 Å². The molecule has 1 fully saturated rings. The summed E-state index contributed by atoms with van der Waals surface area (Å²) in [6.45, 7) is 3.13. The van der Waals surface area contributed by atoms with Crippen LogP contribution in [0.5, 0.6) is 0 Å². The number of esters is 1. The van der Waals surface area contributed by atoms with Gasteiger partial charge in [0, 0.05) is 24.5 Å². The van der Waals surface area contributed by atoms with Gasteiger partial charge in [0.15, 0.2) is 0 Å². The van der Waals surface area contributed by atoms with Gasteiger partial charge in [0.1, 0.15) is 0 Å². The van der Waals surface area contributed by atoms with Gasteiger partial charge in [-0.15, -0.1) is 0 Å². The Labute approximate surface area is 125 Å². The summed E-state index contributed by atoms with van der Waals surface area (Å²) >= 11 is 6.02. The molecule has 0 radical (unpaired) electrons. The van der Waals surface area contributed by atoms with Crippen molar-refractivity contribution in [3.63, 3.8) is 0 Å². The highest BCUT2D eigenvalue weighted by Gasteiger charge is 2.20. The van der Waals surface area contributed by atoms with Gasteiger partial charge in [0.05, 0.1) is 7.11 Å². The Balaban J connectivity index is 1.82. The van der Waals surface area contributed by atoms with Gasteiger partial charge < -0.3 is 4.74 Å². The molecule has 20 heavy (non-hydrogen) atoms. The summed E-state index contributed by atoms with van der Waals surface area (Å²) in [5.41, 5.74) is 1.26. The van der Waals surface area contributed by atoms with Crippen LogP contribution >= 0.6 is 11.6 Å². The lowest BCUT2D eigenvalue weighted by molar-refractivity contribution is -0.141. The van der Waals surface area contributed by atoms with E-state index in [1.54, 1.807) is 0 Å². The molecule has 3 nitrogen and oxygen atoms in total. The quantitative estimate of drug-likeness (QED) is 0.779. The van der Waals surface area contributed by atoms with E-state index in [1.165, 1.54) is 25.5 Å². The first-order valence-electron chi connectivity index (χ1n) is 7.21. The second-order valence-electron chi connectivity index (χ2n) is 5.49. The molecule has 0 aromatic heterocycles. The average molecular weight is 296 g/mol. The lowest BCUT2D eigenvalue weighted by Crippen LogP contribution is -2.35. The number of hydrogen-bond acceptors (Lipinski definition) is 3. The summed E-state index contributed by atoms with van der Waals surface area (Å²) < 4.78 is 4.71. The van der Waals surface area contributed by atoms with Crippen molar-refractivity contribution in [1.29, 1.82) is 0 Å². The topological polar surface area (TPSA) is 29.5 Å². The van der Waals surface area contributed by atoms with Crippen molar-refractivity contribution in [2.45, 2.75) is 32.2 Å². The van der Waals surface area contributed by atoms with Crippen LogP contribution in [0.25, 0.3) is 0 Å². The van der Waals surface area contributed by atoms with Crippen LogP contribution in [0.3, 0.4) is 0 Å². The molecule has 1 unspecified atom stereocenters. The fourth-order valence-electron chi connectivity index (χ4n) is 2.85. The number of rotatable bonds is 5. The molecule has 110 valence electrons. The Morgan fingerprint density at radius 3 is 3.10 bits per heavy atom. The number of nitrogens with zero attached hydrogens (tertiary/aromatic N) is 1. The van der Waals surface area contributed by atoms with Crippen LogP contribution in [-0.4, -0.2) is 31.1 Å². The number of likely N-dealkylation sites (tertiary alicyclic amines) is 1. The summed E-state index contributed by atoms with van der Waals surface area (Å²) in [5.74, 6) is 0.499. The highest BCUT2D eigenvalue weighted by atomic mass is 35.5. The van der Waals surface area contributed by atoms with E-state index in [2.05, 4.69) is 11.0 Å². The number of ether oxygens (including phenoxy) is 1. The van der Waals surface area contributed by atoms with Crippen molar-refractivity contribution in [2.75, 3.05) is 20.2 Å². The number of benzene rings is 1. The number of hydrogen-bond donors (Lipinski definition) is 0. The molecule has 1 aliphatic rings. The van der Waals surface area contributed by atoms with Gasteiger partial charge in [-0.2, -0.15) is 0 Å². The van der Waals surface area contributed by atoms with Gasteiger partial charge in [-0.25, -0.2) is 0 Å². The first kappa shape index (κ1) is 15.3. The Kier molecular flexibility index (Phi) is 5.86. The molecule has 1 atom stereocenters. The zero-order valence-electron chi connectivity index (χ0n) is 12.0. The molecule has 1 aliphatic heterocycles. The highest BCUT2D eigenvalue weighted by Crippen LogP contribution is 2.23. The minimum atomic E-state index is -0.100. The highest BCUT2D eigenvalue weighted by molar-refractivity contribution is 6.30. The third-order valence-electron chi connectivity index (χ3n) is 3.88. The predicted molar refractivity (Wildman–Crippen MR) is 80.7 cm³/mol. The summed E-state index contributed by atoms with van der Waals surface area (Å²) in [6, 6.07) is 8.04. The summed E-state index contributed by atoms with van der Waals surface area (Å²) in [4.78, 5) is 13.7. The number of halogens is 1. The molecule has 0 N–H and O–H groups in total. The van der Waals surface area contributed by atoms with Crippen LogP contribution in [0.1, 0.15) is 31.2 Å². The predicted octanol–water partition coefficient (Wildman–Crippen LogP) is 3.51. The third-order valence-corrected chi connectivity index (χ3v) is 4.12. The van der Waals surface area contributed by atoms with Crippen molar-refractivity contribution in [3.8, 4) is 0 Å². The van der Waals surface area contributed by atoms with Crippen LogP contribution in [0.2, 0.25) is 5.02 Å². The number of piperidine rings is 1. The molecule has 1 aromatic rings. The molecule has 0 amide bonds. The molecule has 0 saturated carbocycles. The van der Waals surface area contributed by atoms with E-state index in [-0.39, 0.29) is 5.97 Å². The molecule has 0 aliphatic carbocycles. The molecular weight excluding hydrogens is 274 g/mol. The molecular formula is C16H22ClNO2. The Bertz CT molecular complexity index is 450. The molecule has 2 rings (SSSR count). The van der Waals surface area contributed by atoms with Crippen molar-refractivity contribution < 1.29 is 9.53 Å². The zero-order valence-corrected chi connectivity index (χ0v) is 12.7. The summed E-state index contributed by atoms with van der Waals surface area (Å²) in [7, 11) is 1.45. The second kappa shape index (κ2) is 7.65. The Morgan fingerprint density at radius 1 is 1.50 bits per heavy atom. The molecule has 1 saturated heterocycles. The maximum Gasteiger partial charge on any atom is 0.305 e. The fourth-order valence-corrected chi connectivity index (χ4v) is 3.06. The molecule has 1 aromatic carbocycles. The molecule has 4 heteroatoms. The maximum absolute atomic E-state index is 11.2. The Hall–Kier alpha value is -1.06. The third kappa shape index (κ3) is 4.80. The van der Waals surface area contributed by atoms with E-state index in [0.29, 0.717) is 12.3 Å². The SMILES string of the molecule is COC(=O)CCC1CCCN(Cc2cccc(Cl)c2)C1. The van der Waals surface area contributed by atoms with Gasteiger partial charge in [-0.3, -0.25) is 9.69 Å². The van der Waals surface area contributed by atoms with Gasteiger partial charge in [0.25, 0.3) is 0 Å². The van der Waals surface area contributed by atoms with Crippen LogP contribution < -0.4 is 0 Å². The minimum Gasteiger partial charge on any atom is -0.469 e. The van der Waals surface area contributed by atoms with Crippen LogP contribution in [0, 0.1) is 5.92 Å². The first-order chi connectivity index (χ1) is 9.67. The van der Waals surface area contributed by atoms with Crippen LogP contribution in [-0.2, 0) is 16.1 Å². The van der Waals surface area contributed by atoms with Crippen molar-refractivity contribution in [2.24, 2.45) is 5.92 Å². The van der Waals surface area contributed by atoms with Gasteiger partial charge in [-0.1, -0.05) is 23.7 Å². The number of carbonyl (C=O) groups is 1. The van der Waals surface area contributed by atoms with Crippen molar-refractivity contribution in [1.82, 2.24) is 4.90 Å². The summed E-state index contributed by atoms with van der Waals surface area (Å²) in [6.07, 6.45) is 3.88. The van der Waals surface area contributed by atoms with E-state index >= 15 is 0 Å². The van der Waals surface area contributed by atoms with Crippen LogP contribution in [0.4, 0.5) is 0 Å².